The van der Waals surface area contributed by atoms with E-state index in [1.807, 2.05) is 24.3 Å². The molecule has 3 rings (SSSR count). The minimum Gasteiger partial charge on any atom is -0.348 e. The maximum Gasteiger partial charge on any atom is 0.260 e. The van der Waals surface area contributed by atoms with Crippen LogP contribution in [0.5, 0.6) is 0 Å². The minimum atomic E-state index is -0.508. The molecule has 2 heterocycles. The van der Waals surface area contributed by atoms with Crippen molar-refractivity contribution in [2.24, 2.45) is 7.05 Å². The van der Waals surface area contributed by atoms with Gasteiger partial charge in [0.1, 0.15) is 5.56 Å². The van der Waals surface area contributed by atoms with Crippen molar-refractivity contribution in [2.45, 2.75) is 13.5 Å². The molecule has 6 nitrogen and oxygen atoms in total. The molecule has 1 amide bonds. The van der Waals surface area contributed by atoms with Crippen molar-refractivity contribution >= 4 is 16.8 Å². The van der Waals surface area contributed by atoms with Crippen LogP contribution in [0.2, 0.25) is 0 Å². The molecule has 0 aliphatic heterocycles. The van der Waals surface area contributed by atoms with E-state index in [1.54, 1.807) is 30.7 Å². The normalized spacial score (nSPS) is 10.8. The number of H-pyrrole nitrogens is 1. The monoisotopic (exact) mass is 323 g/mol. The number of para-hydroxylation sites is 1. The molecule has 0 saturated carbocycles. The fourth-order valence-corrected chi connectivity index (χ4v) is 2.64. The Morgan fingerprint density at radius 1 is 1.17 bits per heavy atom. The van der Waals surface area contributed by atoms with E-state index >= 15 is 0 Å². The zero-order valence-corrected chi connectivity index (χ0v) is 13.4. The Balaban J connectivity index is 1.88. The van der Waals surface area contributed by atoms with Gasteiger partial charge in [-0.25, -0.2) is 0 Å². The maximum absolute atomic E-state index is 12.4. The van der Waals surface area contributed by atoms with Gasteiger partial charge in [0.2, 0.25) is 0 Å². The Morgan fingerprint density at radius 2 is 1.92 bits per heavy atom. The average Bonchev–Trinajstić information content (AvgIpc) is 2.56. The van der Waals surface area contributed by atoms with E-state index < -0.39 is 11.5 Å². The van der Waals surface area contributed by atoms with Crippen LogP contribution in [0.25, 0.3) is 10.9 Å². The molecule has 0 spiro atoms. The number of hydrogen-bond acceptors (Lipinski definition) is 3. The number of fused-ring (bicyclic) bond motifs is 1. The first-order valence-corrected chi connectivity index (χ1v) is 7.53. The molecule has 3 aromatic rings. The van der Waals surface area contributed by atoms with Crippen molar-refractivity contribution < 1.29 is 4.79 Å². The molecule has 0 fully saturated rings. The first-order chi connectivity index (χ1) is 11.5. The van der Waals surface area contributed by atoms with Crippen LogP contribution in [0.4, 0.5) is 0 Å². The summed E-state index contributed by atoms with van der Waals surface area (Å²) in [5.74, 6) is -0.508. The highest BCUT2D eigenvalue weighted by Gasteiger charge is 2.12. The van der Waals surface area contributed by atoms with Crippen LogP contribution >= 0.6 is 0 Å². The van der Waals surface area contributed by atoms with E-state index in [-0.39, 0.29) is 17.7 Å². The summed E-state index contributed by atoms with van der Waals surface area (Å²) in [7, 11) is 1.70. The van der Waals surface area contributed by atoms with Crippen LogP contribution in [-0.4, -0.2) is 15.5 Å². The van der Waals surface area contributed by atoms with E-state index in [1.165, 1.54) is 6.07 Å². The Bertz CT molecular complexity index is 1050. The predicted molar refractivity (Wildman–Crippen MR) is 92.2 cm³/mol. The summed E-state index contributed by atoms with van der Waals surface area (Å²) >= 11 is 0. The van der Waals surface area contributed by atoms with Gasteiger partial charge in [-0.1, -0.05) is 18.2 Å². The number of nitrogens with zero attached hydrogens (tertiary/aromatic N) is 1. The van der Waals surface area contributed by atoms with Gasteiger partial charge >= 0.3 is 0 Å². The second-order valence-corrected chi connectivity index (χ2v) is 5.66. The lowest BCUT2D eigenvalue weighted by Crippen LogP contribution is -2.32. The quantitative estimate of drug-likeness (QED) is 0.765. The highest BCUT2D eigenvalue weighted by molar-refractivity contribution is 5.93. The molecule has 0 atom stereocenters. The van der Waals surface area contributed by atoms with Crippen molar-refractivity contribution in [3.8, 4) is 0 Å². The summed E-state index contributed by atoms with van der Waals surface area (Å²) in [6.45, 7) is 1.80. The topological polar surface area (TPSA) is 84.0 Å². The van der Waals surface area contributed by atoms with Crippen LogP contribution in [0.3, 0.4) is 0 Å². The largest absolute Gasteiger partial charge is 0.348 e. The van der Waals surface area contributed by atoms with Crippen molar-refractivity contribution in [3.05, 3.63) is 80.0 Å². The molecule has 1 aromatic carbocycles. The molecular formula is C18H17N3O3. The van der Waals surface area contributed by atoms with E-state index in [0.717, 1.165) is 10.9 Å². The molecular weight excluding hydrogens is 306 g/mol. The van der Waals surface area contributed by atoms with Crippen LogP contribution in [-0.2, 0) is 13.6 Å². The van der Waals surface area contributed by atoms with Crippen LogP contribution < -0.4 is 16.4 Å². The molecule has 0 radical (unpaired) electrons. The molecule has 0 saturated heterocycles. The van der Waals surface area contributed by atoms with Gasteiger partial charge in [0.05, 0.1) is 5.52 Å². The molecule has 0 bridgehead atoms. The van der Waals surface area contributed by atoms with Gasteiger partial charge in [0.25, 0.3) is 17.0 Å². The number of rotatable bonds is 3. The van der Waals surface area contributed by atoms with Crippen LogP contribution in [0, 0.1) is 6.92 Å². The first-order valence-electron chi connectivity index (χ1n) is 7.53. The summed E-state index contributed by atoms with van der Waals surface area (Å²) in [4.78, 5) is 38.9. The molecule has 2 N–H and O–H groups in total. The van der Waals surface area contributed by atoms with Gasteiger partial charge in [-0.2, -0.15) is 0 Å². The van der Waals surface area contributed by atoms with E-state index in [4.69, 9.17) is 0 Å². The van der Waals surface area contributed by atoms with Crippen molar-refractivity contribution in [3.63, 3.8) is 0 Å². The highest BCUT2D eigenvalue weighted by Crippen LogP contribution is 2.12. The fraction of sp³-hybridized carbons (Fsp3) is 0.167. The zero-order chi connectivity index (χ0) is 17.3. The van der Waals surface area contributed by atoms with Gasteiger partial charge in [-0.3, -0.25) is 14.4 Å². The number of carbonyl (C=O) groups excluding carboxylic acids is 1. The summed E-state index contributed by atoms with van der Waals surface area (Å²) in [5.41, 5.74) is 1.38. The first kappa shape index (κ1) is 15.7. The lowest BCUT2D eigenvalue weighted by molar-refractivity contribution is 0.0949. The van der Waals surface area contributed by atoms with Crippen LogP contribution in [0.15, 0.2) is 52.1 Å². The van der Waals surface area contributed by atoms with E-state index in [2.05, 4.69) is 10.3 Å². The summed E-state index contributed by atoms with van der Waals surface area (Å²) < 4.78 is 1.55. The van der Waals surface area contributed by atoms with Gasteiger partial charge in [-0.15, -0.1) is 0 Å². The number of nitrogens with one attached hydrogen (secondary N) is 2. The predicted octanol–water partition coefficient (Wildman–Crippen LogP) is 1.47. The van der Waals surface area contributed by atoms with Crippen molar-refractivity contribution in [2.75, 3.05) is 0 Å². The third-order valence-corrected chi connectivity index (χ3v) is 3.95. The molecule has 0 aliphatic rings. The van der Waals surface area contributed by atoms with E-state index in [0.29, 0.717) is 11.3 Å². The summed E-state index contributed by atoms with van der Waals surface area (Å²) in [6, 6.07) is 12.4. The summed E-state index contributed by atoms with van der Waals surface area (Å²) in [6.07, 6.45) is 0. The Morgan fingerprint density at radius 3 is 2.67 bits per heavy atom. The van der Waals surface area contributed by atoms with Gasteiger partial charge in [-0.05, 0) is 36.6 Å². The van der Waals surface area contributed by atoms with E-state index in [9.17, 15) is 14.4 Å². The highest BCUT2D eigenvalue weighted by atomic mass is 16.2. The third-order valence-electron chi connectivity index (χ3n) is 3.95. The smallest absolute Gasteiger partial charge is 0.260 e. The number of carbonyl (C=O) groups is 1. The lowest BCUT2D eigenvalue weighted by Gasteiger charge is -2.09. The fourth-order valence-electron chi connectivity index (χ4n) is 2.64. The number of benzene rings is 1. The standard InChI is InChI=1S/C18H17N3O3/c1-11-7-8-14(17(23)20-11)16(22)19-10-13-9-12-5-3-4-6-15(12)21(2)18(13)24/h3-9H,10H2,1-2H3,(H,19,22)(H,20,23). The molecule has 24 heavy (non-hydrogen) atoms. The number of aromatic nitrogens is 2. The minimum absolute atomic E-state index is 0.0261. The number of hydrogen-bond donors (Lipinski definition) is 2. The third kappa shape index (κ3) is 2.86. The number of amides is 1. The SMILES string of the molecule is Cc1ccc(C(=O)NCc2cc3ccccc3n(C)c2=O)c(=O)[nH]1. The van der Waals surface area contributed by atoms with Crippen molar-refractivity contribution in [1.29, 1.82) is 0 Å². The number of aromatic amines is 1. The van der Waals surface area contributed by atoms with Crippen molar-refractivity contribution in [1.82, 2.24) is 14.9 Å². The second kappa shape index (κ2) is 6.16. The van der Waals surface area contributed by atoms with Gasteiger partial charge < -0.3 is 14.9 Å². The zero-order valence-electron chi connectivity index (χ0n) is 13.4. The van der Waals surface area contributed by atoms with Crippen LogP contribution in [0.1, 0.15) is 21.6 Å². The maximum atomic E-state index is 12.4. The molecule has 0 aliphatic carbocycles. The van der Waals surface area contributed by atoms with Gasteiger partial charge in [0.15, 0.2) is 0 Å². The molecule has 2 aromatic heterocycles. The lowest BCUT2D eigenvalue weighted by atomic mass is 10.1. The Kier molecular flexibility index (Phi) is 4.04. The number of aryl methyl sites for hydroxylation is 2. The van der Waals surface area contributed by atoms with Gasteiger partial charge in [0, 0.05) is 24.8 Å². The molecule has 122 valence electrons. The summed E-state index contributed by atoms with van der Waals surface area (Å²) in [5, 5.41) is 3.55. The second-order valence-electron chi connectivity index (χ2n) is 5.66. The Hall–Kier alpha value is -3.15. The molecule has 6 heteroatoms. The number of pyridine rings is 2. The average molecular weight is 323 g/mol. The Labute approximate surface area is 137 Å². The molecule has 0 unspecified atom stereocenters.